The number of rotatable bonds is 7. The molecule has 1 N–H and O–H groups in total. The van der Waals surface area contributed by atoms with Gasteiger partial charge in [0.1, 0.15) is 0 Å². The second kappa shape index (κ2) is 7.79. The number of benzene rings is 1. The molecule has 1 aromatic carbocycles. The number of amides is 1. The standard InChI is InChI=1S/C15H25N3O/c1-5-18(6-2)12-11-16-15(19)13-7-9-14(10-8-13)17(3)4/h7-10H,5-6,11-12H2,1-4H3,(H,16,19). The number of hydrogen-bond acceptors (Lipinski definition) is 3. The van der Waals surface area contributed by atoms with Crippen molar-refractivity contribution in [1.82, 2.24) is 10.2 Å². The van der Waals surface area contributed by atoms with Gasteiger partial charge in [0, 0.05) is 38.4 Å². The van der Waals surface area contributed by atoms with Crippen LogP contribution in [-0.2, 0) is 0 Å². The highest BCUT2D eigenvalue weighted by molar-refractivity contribution is 5.94. The van der Waals surface area contributed by atoms with Gasteiger partial charge in [-0.15, -0.1) is 0 Å². The van der Waals surface area contributed by atoms with E-state index in [1.54, 1.807) is 0 Å². The number of nitrogens with one attached hydrogen (secondary N) is 1. The van der Waals surface area contributed by atoms with Crippen LogP contribution in [0.15, 0.2) is 24.3 Å². The van der Waals surface area contributed by atoms with Crippen molar-refractivity contribution in [3.63, 3.8) is 0 Å². The van der Waals surface area contributed by atoms with Crippen LogP contribution in [0.4, 0.5) is 5.69 Å². The number of likely N-dealkylation sites (N-methyl/N-ethyl adjacent to an activating group) is 1. The summed E-state index contributed by atoms with van der Waals surface area (Å²) in [4.78, 5) is 16.2. The lowest BCUT2D eigenvalue weighted by atomic mass is 10.2. The van der Waals surface area contributed by atoms with Crippen LogP contribution in [0.25, 0.3) is 0 Å². The predicted octanol–water partition coefficient (Wildman–Crippen LogP) is 1.82. The summed E-state index contributed by atoms with van der Waals surface area (Å²) in [6.07, 6.45) is 0. The molecular weight excluding hydrogens is 238 g/mol. The molecule has 0 saturated carbocycles. The van der Waals surface area contributed by atoms with Gasteiger partial charge in [0.05, 0.1) is 0 Å². The average Bonchev–Trinajstić information content (AvgIpc) is 2.43. The van der Waals surface area contributed by atoms with Crippen molar-refractivity contribution in [1.29, 1.82) is 0 Å². The van der Waals surface area contributed by atoms with Crippen LogP contribution in [0.2, 0.25) is 0 Å². The Morgan fingerprint density at radius 1 is 1.11 bits per heavy atom. The van der Waals surface area contributed by atoms with E-state index in [-0.39, 0.29) is 5.91 Å². The molecule has 0 saturated heterocycles. The SMILES string of the molecule is CCN(CC)CCNC(=O)c1ccc(N(C)C)cc1. The van der Waals surface area contributed by atoms with Gasteiger partial charge in [0.2, 0.25) is 0 Å². The lowest BCUT2D eigenvalue weighted by Gasteiger charge is -2.18. The van der Waals surface area contributed by atoms with Gasteiger partial charge in [-0.2, -0.15) is 0 Å². The van der Waals surface area contributed by atoms with Crippen LogP contribution in [0.1, 0.15) is 24.2 Å². The monoisotopic (exact) mass is 263 g/mol. The van der Waals surface area contributed by atoms with Crippen LogP contribution < -0.4 is 10.2 Å². The third-order valence-electron chi connectivity index (χ3n) is 3.25. The molecule has 0 aliphatic carbocycles. The number of nitrogens with zero attached hydrogens (tertiary/aromatic N) is 2. The lowest BCUT2D eigenvalue weighted by molar-refractivity contribution is 0.0949. The van der Waals surface area contributed by atoms with Crippen LogP contribution >= 0.6 is 0 Å². The van der Waals surface area contributed by atoms with Crippen molar-refractivity contribution in [3.8, 4) is 0 Å². The van der Waals surface area contributed by atoms with E-state index < -0.39 is 0 Å². The van der Waals surface area contributed by atoms with E-state index in [1.807, 2.05) is 43.3 Å². The van der Waals surface area contributed by atoms with Gasteiger partial charge in [-0.1, -0.05) is 13.8 Å². The van der Waals surface area contributed by atoms with E-state index in [2.05, 4.69) is 24.1 Å². The van der Waals surface area contributed by atoms with E-state index in [4.69, 9.17) is 0 Å². The number of hydrogen-bond donors (Lipinski definition) is 1. The Hall–Kier alpha value is -1.55. The molecule has 1 aromatic rings. The summed E-state index contributed by atoms with van der Waals surface area (Å²) < 4.78 is 0. The Kier molecular flexibility index (Phi) is 6.36. The third kappa shape index (κ3) is 4.91. The maximum absolute atomic E-state index is 11.9. The fourth-order valence-corrected chi connectivity index (χ4v) is 1.88. The molecule has 4 nitrogen and oxygen atoms in total. The smallest absolute Gasteiger partial charge is 0.251 e. The summed E-state index contributed by atoms with van der Waals surface area (Å²) in [5.74, 6) is -0.00235. The van der Waals surface area contributed by atoms with E-state index in [0.717, 1.165) is 25.3 Å². The third-order valence-corrected chi connectivity index (χ3v) is 3.25. The van der Waals surface area contributed by atoms with E-state index in [0.29, 0.717) is 12.1 Å². The molecular formula is C15H25N3O. The molecule has 0 aliphatic rings. The molecule has 0 aliphatic heterocycles. The Balaban J connectivity index is 2.45. The first-order valence-corrected chi connectivity index (χ1v) is 6.86. The first-order chi connectivity index (χ1) is 9.08. The maximum atomic E-state index is 11.9. The van der Waals surface area contributed by atoms with Crippen molar-refractivity contribution in [3.05, 3.63) is 29.8 Å². The molecule has 19 heavy (non-hydrogen) atoms. The normalized spacial score (nSPS) is 10.6. The second-order valence-electron chi connectivity index (χ2n) is 4.72. The molecule has 106 valence electrons. The highest BCUT2D eigenvalue weighted by atomic mass is 16.1. The van der Waals surface area contributed by atoms with Crippen molar-refractivity contribution in [2.45, 2.75) is 13.8 Å². The molecule has 0 aromatic heterocycles. The van der Waals surface area contributed by atoms with E-state index in [9.17, 15) is 4.79 Å². The predicted molar refractivity (Wildman–Crippen MR) is 80.9 cm³/mol. The number of carbonyl (C=O) groups is 1. The molecule has 0 atom stereocenters. The fourth-order valence-electron chi connectivity index (χ4n) is 1.88. The summed E-state index contributed by atoms with van der Waals surface area (Å²) in [5.41, 5.74) is 1.81. The number of anilines is 1. The quantitative estimate of drug-likeness (QED) is 0.815. The lowest BCUT2D eigenvalue weighted by Crippen LogP contribution is -2.34. The van der Waals surface area contributed by atoms with Crippen molar-refractivity contribution in [2.75, 3.05) is 45.2 Å². The minimum atomic E-state index is -0.00235. The molecule has 4 heteroatoms. The van der Waals surface area contributed by atoms with Crippen molar-refractivity contribution in [2.24, 2.45) is 0 Å². The Labute approximate surface area is 116 Å². The molecule has 1 amide bonds. The topological polar surface area (TPSA) is 35.6 Å². The van der Waals surface area contributed by atoms with Gasteiger partial charge in [-0.3, -0.25) is 4.79 Å². The van der Waals surface area contributed by atoms with Crippen LogP contribution in [0, 0.1) is 0 Å². The molecule has 0 heterocycles. The summed E-state index contributed by atoms with van der Waals surface area (Å²) >= 11 is 0. The minimum Gasteiger partial charge on any atom is -0.378 e. The number of carbonyl (C=O) groups excluding carboxylic acids is 1. The minimum absolute atomic E-state index is 0.00235. The maximum Gasteiger partial charge on any atom is 0.251 e. The molecule has 0 unspecified atom stereocenters. The highest BCUT2D eigenvalue weighted by Crippen LogP contribution is 2.11. The van der Waals surface area contributed by atoms with Crippen LogP contribution in [0.5, 0.6) is 0 Å². The van der Waals surface area contributed by atoms with Crippen molar-refractivity contribution < 1.29 is 4.79 Å². The van der Waals surface area contributed by atoms with Gasteiger partial charge < -0.3 is 15.1 Å². The Bertz CT molecular complexity index is 383. The second-order valence-corrected chi connectivity index (χ2v) is 4.72. The molecule has 1 rings (SSSR count). The average molecular weight is 263 g/mol. The molecule has 0 spiro atoms. The largest absolute Gasteiger partial charge is 0.378 e. The summed E-state index contributed by atoms with van der Waals surface area (Å²) in [6.45, 7) is 7.88. The highest BCUT2D eigenvalue weighted by Gasteiger charge is 2.06. The zero-order valence-corrected chi connectivity index (χ0v) is 12.4. The van der Waals surface area contributed by atoms with E-state index >= 15 is 0 Å². The zero-order chi connectivity index (χ0) is 14.3. The van der Waals surface area contributed by atoms with Crippen LogP contribution in [0.3, 0.4) is 0 Å². The fraction of sp³-hybridized carbons (Fsp3) is 0.533. The zero-order valence-electron chi connectivity index (χ0n) is 12.4. The Morgan fingerprint density at radius 2 is 1.68 bits per heavy atom. The summed E-state index contributed by atoms with van der Waals surface area (Å²) in [6, 6.07) is 7.64. The first-order valence-electron chi connectivity index (χ1n) is 6.86. The summed E-state index contributed by atoms with van der Waals surface area (Å²) in [7, 11) is 3.97. The first kappa shape index (κ1) is 15.5. The van der Waals surface area contributed by atoms with E-state index in [1.165, 1.54) is 0 Å². The van der Waals surface area contributed by atoms with Crippen molar-refractivity contribution >= 4 is 11.6 Å². The van der Waals surface area contributed by atoms with Gasteiger partial charge in [-0.05, 0) is 37.4 Å². The van der Waals surface area contributed by atoms with Gasteiger partial charge >= 0.3 is 0 Å². The van der Waals surface area contributed by atoms with Gasteiger partial charge in [0.25, 0.3) is 5.91 Å². The molecule has 0 fully saturated rings. The van der Waals surface area contributed by atoms with Crippen LogP contribution in [-0.4, -0.2) is 51.1 Å². The molecule has 0 radical (unpaired) electrons. The Morgan fingerprint density at radius 3 is 2.16 bits per heavy atom. The molecule has 0 bridgehead atoms. The van der Waals surface area contributed by atoms with Gasteiger partial charge in [-0.25, -0.2) is 0 Å². The summed E-state index contributed by atoms with van der Waals surface area (Å²) in [5, 5.41) is 2.95. The van der Waals surface area contributed by atoms with Gasteiger partial charge in [0.15, 0.2) is 0 Å².